The summed E-state index contributed by atoms with van der Waals surface area (Å²) >= 11 is 0. The molecular formula is C37H27N3. The monoisotopic (exact) mass is 513 g/mol. The molecule has 1 aliphatic rings. The van der Waals surface area contributed by atoms with Crippen LogP contribution in [0.4, 0.5) is 0 Å². The fourth-order valence-corrected chi connectivity index (χ4v) is 7.27. The van der Waals surface area contributed by atoms with E-state index < -0.39 is 0 Å². The van der Waals surface area contributed by atoms with Crippen LogP contribution in [0.2, 0.25) is 0 Å². The Bertz CT molecular complexity index is 2240. The van der Waals surface area contributed by atoms with Crippen LogP contribution in [0.25, 0.3) is 60.7 Å². The Hall–Kier alpha value is -5.02. The van der Waals surface area contributed by atoms with Crippen molar-refractivity contribution in [3.8, 4) is 17.1 Å². The Morgan fingerprint density at radius 1 is 0.500 bits per heavy atom. The van der Waals surface area contributed by atoms with Crippen molar-refractivity contribution >= 4 is 43.6 Å². The first-order chi connectivity index (χ1) is 19.6. The van der Waals surface area contributed by atoms with E-state index in [0.717, 1.165) is 0 Å². The molecule has 3 aromatic heterocycles. The molecule has 1 aliphatic heterocycles. The van der Waals surface area contributed by atoms with Crippen molar-refractivity contribution in [3.05, 3.63) is 139 Å². The SMILES string of the molecule is CC1(C)c2cc(-n3c4ccccc4c4ccccc43)ccc2-n2cc3c4ccccc4n(-c4ccccc4)c3c21. The maximum Gasteiger partial charge on any atom is 0.0763 e. The molecule has 0 atom stereocenters. The van der Waals surface area contributed by atoms with Crippen molar-refractivity contribution in [1.29, 1.82) is 0 Å². The summed E-state index contributed by atoms with van der Waals surface area (Å²) in [6.07, 6.45) is 2.36. The van der Waals surface area contributed by atoms with E-state index in [2.05, 4.69) is 155 Å². The number of rotatable bonds is 2. The van der Waals surface area contributed by atoms with Gasteiger partial charge in [-0.3, -0.25) is 0 Å². The van der Waals surface area contributed by atoms with Crippen LogP contribution in [-0.4, -0.2) is 13.7 Å². The molecule has 0 unspecified atom stereocenters. The van der Waals surface area contributed by atoms with E-state index in [4.69, 9.17) is 0 Å². The van der Waals surface area contributed by atoms with Crippen molar-refractivity contribution in [1.82, 2.24) is 13.7 Å². The minimum atomic E-state index is -0.188. The number of fused-ring (bicyclic) bond motifs is 10. The van der Waals surface area contributed by atoms with E-state index in [-0.39, 0.29) is 5.41 Å². The van der Waals surface area contributed by atoms with Crippen LogP contribution < -0.4 is 0 Å². The topological polar surface area (TPSA) is 14.8 Å². The lowest BCUT2D eigenvalue weighted by molar-refractivity contribution is 0.646. The van der Waals surface area contributed by atoms with Crippen LogP contribution in [0.1, 0.15) is 25.1 Å². The first-order valence-corrected chi connectivity index (χ1v) is 14.0. The summed E-state index contributed by atoms with van der Waals surface area (Å²) < 4.78 is 7.32. The lowest BCUT2D eigenvalue weighted by atomic mass is 9.82. The second-order valence-electron chi connectivity index (χ2n) is 11.5. The maximum absolute atomic E-state index is 2.46. The van der Waals surface area contributed by atoms with Crippen molar-refractivity contribution in [2.45, 2.75) is 19.3 Å². The van der Waals surface area contributed by atoms with Crippen LogP contribution >= 0.6 is 0 Å². The zero-order valence-electron chi connectivity index (χ0n) is 22.5. The Morgan fingerprint density at radius 2 is 1.05 bits per heavy atom. The predicted octanol–water partition coefficient (Wildman–Crippen LogP) is 9.31. The fourth-order valence-electron chi connectivity index (χ4n) is 7.27. The summed E-state index contributed by atoms with van der Waals surface area (Å²) in [5, 5.41) is 5.18. The average Bonchev–Trinajstić information content (AvgIpc) is 3.69. The van der Waals surface area contributed by atoms with E-state index >= 15 is 0 Å². The van der Waals surface area contributed by atoms with Crippen LogP contribution in [0.3, 0.4) is 0 Å². The third-order valence-electron chi connectivity index (χ3n) is 8.99. The van der Waals surface area contributed by atoms with Gasteiger partial charge >= 0.3 is 0 Å². The van der Waals surface area contributed by atoms with E-state index in [0.29, 0.717) is 0 Å². The van der Waals surface area contributed by atoms with Crippen molar-refractivity contribution in [2.24, 2.45) is 0 Å². The maximum atomic E-state index is 2.46. The molecule has 0 saturated heterocycles. The van der Waals surface area contributed by atoms with Gasteiger partial charge in [-0.05, 0) is 54.1 Å². The average molecular weight is 514 g/mol. The van der Waals surface area contributed by atoms with E-state index in [9.17, 15) is 0 Å². The highest BCUT2D eigenvalue weighted by atomic mass is 15.1. The molecule has 8 aromatic rings. The molecule has 3 heteroatoms. The van der Waals surface area contributed by atoms with Gasteiger partial charge in [-0.1, -0.05) is 86.6 Å². The molecule has 0 bridgehead atoms. The van der Waals surface area contributed by atoms with Crippen LogP contribution in [0, 0.1) is 0 Å². The zero-order valence-corrected chi connectivity index (χ0v) is 22.5. The quantitative estimate of drug-likeness (QED) is 0.219. The first-order valence-electron chi connectivity index (χ1n) is 14.0. The van der Waals surface area contributed by atoms with Gasteiger partial charge < -0.3 is 13.7 Å². The second kappa shape index (κ2) is 7.55. The molecule has 0 spiro atoms. The minimum absolute atomic E-state index is 0.188. The molecule has 3 nitrogen and oxygen atoms in total. The van der Waals surface area contributed by atoms with Gasteiger partial charge in [0.1, 0.15) is 0 Å². The minimum Gasteiger partial charge on any atom is -0.317 e. The molecule has 0 fully saturated rings. The number of para-hydroxylation sites is 4. The van der Waals surface area contributed by atoms with Gasteiger partial charge in [-0.15, -0.1) is 0 Å². The van der Waals surface area contributed by atoms with Crippen molar-refractivity contribution in [3.63, 3.8) is 0 Å². The normalized spacial score (nSPS) is 13.9. The summed E-state index contributed by atoms with van der Waals surface area (Å²) in [7, 11) is 0. The molecule has 190 valence electrons. The van der Waals surface area contributed by atoms with E-state index in [1.54, 1.807) is 0 Å². The highest BCUT2D eigenvalue weighted by Gasteiger charge is 2.40. The van der Waals surface area contributed by atoms with Gasteiger partial charge in [0, 0.05) is 50.2 Å². The molecule has 0 aliphatic carbocycles. The number of hydrogen-bond acceptors (Lipinski definition) is 0. The van der Waals surface area contributed by atoms with Gasteiger partial charge in [0.25, 0.3) is 0 Å². The smallest absolute Gasteiger partial charge is 0.0763 e. The Labute approximate surface area is 232 Å². The van der Waals surface area contributed by atoms with Crippen LogP contribution in [0.5, 0.6) is 0 Å². The van der Waals surface area contributed by atoms with E-state index in [1.807, 2.05) is 0 Å². The van der Waals surface area contributed by atoms with Crippen molar-refractivity contribution in [2.75, 3.05) is 0 Å². The van der Waals surface area contributed by atoms with E-state index in [1.165, 1.54) is 71.9 Å². The summed E-state index contributed by atoms with van der Waals surface area (Å²) in [5.74, 6) is 0. The predicted molar refractivity (Wildman–Crippen MR) is 167 cm³/mol. The summed E-state index contributed by atoms with van der Waals surface area (Å²) in [4.78, 5) is 0. The van der Waals surface area contributed by atoms with Crippen LogP contribution in [-0.2, 0) is 5.41 Å². The lowest BCUT2D eigenvalue weighted by Crippen LogP contribution is -2.17. The lowest BCUT2D eigenvalue weighted by Gasteiger charge is -2.22. The molecule has 0 N–H and O–H groups in total. The van der Waals surface area contributed by atoms with Gasteiger partial charge in [0.2, 0.25) is 0 Å². The number of hydrogen-bond donors (Lipinski definition) is 0. The standard InChI is InChI=1S/C37H27N3/c1-37(2)30-22-25(39-31-17-9-6-14-26(31)27-15-7-10-18-32(27)39)20-21-34(30)38-23-29-28-16-8-11-19-33(28)40(35(29)36(37)38)24-12-4-3-5-13-24/h3-23H,1-2H3. The Kier molecular flexibility index (Phi) is 4.13. The second-order valence-corrected chi connectivity index (χ2v) is 11.5. The zero-order chi connectivity index (χ0) is 26.6. The molecule has 4 heterocycles. The van der Waals surface area contributed by atoms with Crippen molar-refractivity contribution < 1.29 is 0 Å². The third-order valence-corrected chi connectivity index (χ3v) is 8.99. The molecule has 9 rings (SSSR count). The molecule has 0 amide bonds. The molecule has 40 heavy (non-hydrogen) atoms. The van der Waals surface area contributed by atoms with Gasteiger partial charge in [0.05, 0.1) is 27.8 Å². The van der Waals surface area contributed by atoms with Gasteiger partial charge in [-0.2, -0.15) is 0 Å². The molecule has 5 aromatic carbocycles. The largest absolute Gasteiger partial charge is 0.317 e. The fraction of sp³-hybridized carbons (Fsp3) is 0.0811. The number of benzene rings is 5. The highest BCUT2D eigenvalue weighted by molar-refractivity contribution is 6.12. The highest BCUT2D eigenvalue weighted by Crippen LogP contribution is 2.50. The molecule has 0 saturated carbocycles. The third kappa shape index (κ3) is 2.64. The van der Waals surface area contributed by atoms with Gasteiger partial charge in [0.15, 0.2) is 0 Å². The first kappa shape index (κ1) is 21.9. The van der Waals surface area contributed by atoms with Gasteiger partial charge in [-0.25, -0.2) is 0 Å². The molecule has 0 radical (unpaired) electrons. The Morgan fingerprint density at radius 3 is 1.70 bits per heavy atom. The Balaban J connectivity index is 1.33. The van der Waals surface area contributed by atoms with Crippen LogP contribution in [0.15, 0.2) is 128 Å². The number of aromatic nitrogens is 3. The molecular weight excluding hydrogens is 486 g/mol. The summed E-state index contributed by atoms with van der Waals surface area (Å²) in [5.41, 5.74) is 11.2. The summed E-state index contributed by atoms with van der Waals surface area (Å²) in [6, 6.07) is 44.1. The number of nitrogens with zero attached hydrogens (tertiary/aromatic N) is 3. The summed E-state index contributed by atoms with van der Waals surface area (Å²) in [6.45, 7) is 4.76.